The summed E-state index contributed by atoms with van der Waals surface area (Å²) >= 11 is 0. The number of amides is 3. The van der Waals surface area contributed by atoms with Gasteiger partial charge in [-0.2, -0.15) is 13.2 Å². The van der Waals surface area contributed by atoms with E-state index in [1.807, 2.05) is 56.4 Å². The number of aromatic nitrogens is 1. The standard InChI is InChI=1S/C31H33F3N4O2/c1-3-17-38(30(40)36-26-14-8-22(2)9-15-26)21-29(39)37(20-23-10-12-25(13-11-23)31(32,33)34)18-16-24-19-35-28-7-5-4-6-27(24)28/h4-15,19,35H,3,16-18,20-21H2,1-2H3,(H,36,40). The van der Waals surface area contributed by atoms with Gasteiger partial charge in [-0.1, -0.05) is 55.0 Å². The van der Waals surface area contributed by atoms with Gasteiger partial charge < -0.3 is 20.1 Å². The molecule has 0 unspecified atom stereocenters. The third kappa shape index (κ3) is 7.43. The van der Waals surface area contributed by atoms with E-state index in [0.29, 0.717) is 37.2 Å². The van der Waals surface area contributed by atoms with E-state index in [1.54, 1.807) is 17.0 Å². The van der Waals surface area contributed by atoms with E-state index in [4.69, 9.17) is 0 Å². The maximum atomic E-state index is 13.6. The monoisotopic (exact) mass is 550 g/mol. The van der Waals surface area contributed by atoms with Crippen LogP contribution in [0, 0.1) is 6.92 Å². The number of carbonyl (C=O) groups excluding carboxylic acids is 2. The number of nitrogens with one attached hydrogen (secondary N) is 2. The van der Waals surface area contributed by atoms with Crippen molar-refractivity contribution in [2.24, 2.45) is 0 Å². The summed E-state index contributed by atoms with van der Waals surface area (Å²) in [5.41, 5.74) is 3.54. The van der Waals surface area contributed by atoms with Crippen molar-refractivity contribution in [2.45, 2.75) is 39.4 Å². The summed E-state index contributed by atoms with van der Waals surface area (Å²) in [4.78, 5) is 33.0. The Labute approximate surface area is 231 Å². The van der Waals surface area contributed by atoms with Crippen LogP contribution in [0.25, 0.3) is 10.9 Å². The van der Waals surface area contributed by atoms with E-state index in [9.17, 15) is 22.8 Å². The molecule has 3 amide bonds. The number of halogens is 3. The second kappa shape index (κ2) is 12.7. The predicted octanol–water partition coefficient (Wildman–Crippen LogP) is 7.01. The van der Waals surface area contributed by atoms with Crippen molar-refractivity contribution in [3.8, 4) is 0 Å². The van der Waals surface area contributed by atoms with Gasteiger partial charge in [0, 0.05) is 42.4 Å². The van der Waals surface area contributed by atoms with Crippen LogP contribution in [0.4, 0.5) is 23.7 Å². The number of alkyl halides is 3. The maximum absolute atomic E-state index is 13.6. The Morgan fingerprint density at radius 1 is 0.900 bits per heavy atom. The second-order valence-electron chi connectivity index (χ2n) is 9.84. The Morgan fingerprint density at radius 3 is 2.27 bits per heavy atom. The summed E-state index contributed by atoms with van der Waals surface area (Å²) in [5.74, 6) is -0.285. The molecule has 0 saturated heterocycles. The van der Waals surface area contributed by atoms with Gasteiger partial charge in [0.2, 0.25) is 5.91 Å². The van der Waals surface area contributed by atoms with Crippen molar-refractivity contribution in [1.82, 2.24) is 14.8 Å². The largest absolute Gasteiger partial charge is 0.416 e. The van der Waals surface area contributed by atoms with Crippen LogP contribution in [-0.2, 0) is 23.9 Å². The van der Waals surface area contributed by atoms with Crippen LogP contribution in [0.15, 0.2) is 79.0 Å². The Morgan fingerprint density at radius 2 is 1.60 bits per heavy atom. The highest BCUT2D eigenvalue weighted by atomic mass is 19.4. The molecule has 0 aliphatic carbocycles. The molecule has 0 fully saturated rings. The lowest BCUT2D eigenvalue weighted by Gasteiger charge is -2.28. The van der Waals surface area contributed by atoms with Crippen LogP contribution in [0.5, 0.6) is 0 Å². The van der Waals surface area contributed by atoms with Crippen molar-refractivity contribution in [3.05, 3.63) is 101 Å². The molecular formula is C31H33F3N4O2. The number of aryl methyl sites for hydroxylation is 1. The highest BCUT2D eigenvalue weighted by Crippen LogP contribution is 2.29. The fourth-order valence-corrected chi connectivity index (χ4v) is 4.53. The fourth-order valence-electron chi connectivity index (χ4n) is 4.53. The molecule has 1 heterocycles. The predicted molar refractivity (Wildman–Crippen MR) is 151 cm³/mol. The summed E-state index contributed by atoms with van der Waals surface area (Å²) in [6, 6.07) is 19.7. The van der Waals surface area contributed by atoms with Gasteiger partial charge >= 0.3 is 12.2 Å². The summed E-state index contributed by atoms with van der Waals surface area (Å²) in [7, 11) is 0. The maximum Gasteiger partial charge on any atom is 0.416 e. The lowest BCUT2D eigenvalue weighted by Crippen LogP contribution is -2.45. The van der Waals surface area contributed by atoms with Gasteiger partial charge in [0.1, 0.15) is 6.54 Å². The molecule has 0 saturated carbocycles. The van der Waals surface area contributed by atoms with Crippen LogP contribution in [-0.4, -0.2) is 46.4 Å². The number of hydrogen-bond donors (Lipinski definition) is 2. The van der Waals surface area contributed by atoms with Gasteiger partial charge in [-0.15, -0.1) is 0 Å². The number of aromatic amines is 1. The minimum absolute atomic E-state index is 0.124. The zero-order valence-electron chi connectivity index (χ0n) is 22.6. The molecule has 0 spiro atoms. The van der Waals surface area contributed by atoms with E-state index in [1.165, 1.54) is 17.0 Å². The average Bonchev–Trinajstić information content (AvgIpc) is 3.35. The molecule has 0 aliphatic rings. The number of benzene rings is 3. The van der Waals surface area contributed by atoms with Crippen molar-refractivity contribution in [2.75, 3.05) is 25.0 Å². The van der Waals surface area contributed by atoms with Crippen molar-refractivity contribution in [1.29, 1.82) is 0 Å². The lowest BCUT2D eigenvalue weighted by molar-refractivity contribution is -0.137. The van der Waals surface area contributed by atoms with Crippen LogP contribution in [0.2, 0.25) is 0 Å². The van der Waals surface area contributed by atoms with Crippen molar-refractivity contribution >= 4 is 28.5 Å². The highest BCUT2D eigenvalue weighted by Gasteiger charge is 2.30. The van der Waals surface area contributed by atoms with Gasteiger partial charge in [-0.3, -0.25) is 4.79 Å². The molecule has 4 rings (SSSR count). The van der Waals surface area contributed by atoms with Crippen LogP contribution < -0.4 is 5.32 Å². The molecule has 2 N–H and O–H groups in total. The van der Waals surface area contributed by atoms with Gasteiger partial charge in [0.25, 0.3) is 0 Å². The average molecular weight is 551 g/mol. The highest BCUT2D eigenvalue weighted by molar-refractivity contribution is 5.92. The van der Waals surface area contributed by atoms with Crippen molar-refractivity contribution < 1.29 is 22.8 Å². The zero-order valence-corrected chi connectivity index (χ0v) is 22.6. The summed E-state index contributed by atoms with van der Waals surface area (Å²) in [6.07, 6.45) is -1.33. The Balaban J connectivity index is 1.51. The number of urea groups is 1. The Hall–Kier alpha value is -4.27. The minimum atomic E-state index is -4.44. The zero-order chi connectivity index (χ0) is 28.7. The number of H-pyrrole nitrogens is 1. The fraction of sp³-hybridized carbons (Fsp3) is 0.290. The summed E-state index contributed by atoms with van der Waals surface area (Å²) < 4.78 is 39.2. The molecule has 9 heteroatoms. The van der Waals surface area contributed by atoms with Crippen LogP contribution >= 0.6 is 0 Å². The topological polar surface area (TPSA) is 68.4 Å². The number of anilines is 1. The van der Waals surface area contributed by atoms with Crippen LogP contribution in [0.1, 0.15) is 35.6 Å². The number of fused-ring (bicyclic) bond motifs is 1. The number of nitrogens with zero attached hydrogens (tertiary/aromatic N) is 2. The van der Waals surface area contributed by atoms with E-state index in [-0.39, 0.29) is 25.0 Å². The van der Waals surface area contributed by atoms with Gasteiger partial charge in [-0.05, 0) is 61.2 Å². The third-order valence-corrected chi connectivity index (χ3v) is 6.74. The Bertz CT molecular complexity index is 1430. The quantitative estimate of drug-likeness (QED) is 0.223. The molecule has 4 aromatic rings. The molecule has 6 nitrogen and oxygen atoms in total. The summed E-state index contributed by atoms with van der Waals surface area (Å²) in [5, 5.41) is 3.90. The number of para-hydroxylation sites is 1. The second-order valence-corrected chi connectivity index (χ2v) is 9.84. The SMILES string of the molecule is CCCN(CC(=O)N(CCc1c[nH]c2ccccc12)Cc1ccc(C(F)(F)F)cc1)C(=O)Nc1ccc(C)cc1. The minimum Gasteiger partial charge on any atom is -0.361 e. The molecule has 0 atom stereocenters. The number of hydrogen-bond acceptors (Lipinski definition) is 2. The van der Waals surface area contributed by atoms with E-state index < -0.39 is 11.7 Å². The normalized spacial score (nSPS) is 11.4. The first kappa shape index (κ1) is 28.7. The Kier molecular flexibility index (Phi) is 9.14. The van der Waals surface area contributed by atoms with Gasteiger partial charge in [0.05, 0.1) is 5.56 Å². The van der Waals surface area contributed by atoms with E-state index in [2.05, 4.69) is 10.3 Å². The number of carbonyl (C=O) groups is 2. The molecular weight excluding hydrogens is 517 g/mol. The smallest absolute Gasteiger partial charge is 0.361 e. The van der Waals surface area contributed by atoms with Crippen LogP contribution in [0.3, 0.4) is 0 Å². The first-order valence-corrected chi connectivity index (χ1v) is 13.3. The molecule has 0 radical (unpaired) electrons. The molecule has 0 aliphatic heterocycles. The third-order valence-electron chi connectivity index (χ3n) is 6.74. The first-order valence-electron chi connectivity index (χ1n) is 13.3. The first-order chi connectivity index (χ1) is 19.1. The molecule has 3 aromatic carbocycles. The van der Waals surface area contributed by atoms with Gasteiger partial charge in [0.15, 0.2) is 0 Å². The molecule has 210 valence electrons. The van der Waals surface area contributed by atoms with E-state index in [0.717, 1.165) is 34.2 Å². The lowest BCUT2D eigenvalue weighted by atomic mass is 10.1. The van der Waals surface area contributed by atoms with Gasteiger partial charge in [-0.25, -0.2) is 4.79 Å². The molecule has 1 aromatic heterocycles. The summed E-state index contributed by atoms with van der Waals surface area (Å²) in [6.45, 7) is 4.56. The van der Waals surface area contributed by atoms with Crippen molar-refractivity contribution in [3.63, 3.8) is 0 Å². The number of rotatable bonds is 10. The molecule has 40 heavy (non-hydrogen) atoms. The molecule has 0 bridgehead atoms. The van der Waals surface area contributed by atoms with E-state index >= 15 is 0 Å².